The van der Waals surface area contributed by atoms with E-state index in [1.807, 2.05) is 42.7 Å². The van der Waals surface area contributed by atoms with Gasteiger partial charge in [0.1, 0.15) is 0 Å². The van der Waals surface area contributed by atoms with Gasteiger partial charge in [0.2, 0.25) is 0 Å². The Hall–Kier alpha value is -1.36. The molecule has 0 fully saturated rings. The molecule has 3 aromatic rings. The zero-order chi connectivity index (χ0) is 14.7. The number of hydrogen-bond donors (Lipinski definition) is 1. The molecule has 106 valence electrons. The van der Waals surface area contributed by atoms with Gasteiger partial charge in [-0.25, -0.2) is 0 Å². The second-order valence-corrected chi connectivity index (χ2v) is 6.71. The molecule has 0 aliphatic rings. The molecule has 0 bridgehead atoms. The van der Waals surface area contributed by atoms with Crippen LogP contribution in [0.4, 0.5) is 0 Å². The molecule has 2 aromatic carbocycles. The first-order chi connectivity index (χ1) is 10.3. The molecule has 1 atom stereocenters. The van der Waals surface area contributed by atoms with Crippen LogP contribution < -0.4 is 5.73 Å². The highest BCUT2D eigenvalue weighted by molar-refractivity contribution is 9.10. The Morgan fingerprint density at radius 1 is 1.05 bits per heavy atom. The van der Waals surface area contributed by atoms with Crippen LogP contribution in [0.3, 0.4) is 0 Å². The molecule has 0 amide bonds. The number of pyridine rings is 1. The molecule has 0 saturated carbocycles. The number of rotatable bonds is 4. The molecule has 0 saturated heterocycles. The number of nitrogens with two attached hydrogens (primary N) is 1. The lowest BCUT2D eigenvalue weighted by Crippen LogP contribution is -2.13. The highest BCUT2D eigenvalue weighted by Crippen LogP contribution is 2.31. The maximum Gasteiger partial charge on any atom is 0.0411 e. The van der Waals surface area contributed by atoms with Gasteiger partial charge < -0.3 is 5.73 Å². The van der Waals surface area contributed by atoms with E-state index in [-0.39, 0.29) is 6.04 Å². The topological polar surface area (TPSA) is 38.9 Å². The molecule has 1 unspecified atom stereocenters. The van der Waals surface area contributed by atoms with Crippen molar-refractivity contribution < 1.29 is 0 Å². The lowest BCUT2D eigenvalue weighted by atomic mass is 10.0. The normalized spacial score (nSPS) is 12.5. The lowest BCUT2D eigenvalue weighted by Gasteiger charge is -2.14. The van der Waals surface area contributed by atoms with E-state index in [1.165, 1.54) is 10.3 Å². The Morgan fingerprint density at radius 3 is 2.67 bits per heavy atom. The van der Waals surface area contributed by atoms with Crippen LogP contribution in [-0.2, 0) is 0 Å². The van der Waals surface area contributed by atoms with E-state index in [0.717, 1.165) is 21.2 Å². The average molecular weight is 359 g/mol. The van der Waals surface area contributed by atoms with Gasteiger partial charge in [-0.15, -0.1) is 11.8 Å². The molecule has 1 aromatic heterocycles. The Balaban J connectivity index is 1.81. The number of aromatic nitrogens is 1. The molecular formula is C17H15BrN2S. The molecule has 0 radical (unpaired) electrons. The Morgan fingerprint density at radius 2 is 1.81 bits per heavy atom. The van der Waals surface area contributed by atoms with Crippen molar-refractivity contribution in [3.05, 3.63) is 71.0 Å². The number of nitrogens with zero attached hydrogens (tertiary/aromatic N) is 1. The smallest absolute Gasteiger partial charge is 0.0411 e. The molecule has 2 N–H and O–H groups in total. The summed E-state index contributed by atoms with van der Waals surface area (Å²) >= 11 is 5.33. The summed E-state index contributed by atoms with van der Waals surface area (Å²) in [5.74, 6) is 0.818. The van der Waals surface area contributed by atoms with E-state index < -0.39 is 0 Å². The highest BCUT2D eigenvalue weighted by atomic mass is 79.9. The van der Waals surface area contributed by atoms with Gasteiger partial charge in [0.05, 0.1) is 0 Å². The molecule has 0 aliphatic carbocycles. The molecule has 4 heteroatoms. The zero-order valence-electron chi connectivity index (χ0n) is 11.4. The van der Waals surface area contributed by atoms with E-state index >= 15 is 0 Å². The minimum absolute atomic E-state index is 0.0410. The third-order valence-electron chi connectivity index (χ3n) is 3.35. The van der Waals surface area contributed by atoms with E-state index in [1.54, 1.807) is 11.8 Å². The van der Waals surface area contributed by atoms with Crippen LogP contribution in [0.2, 0.25) is 0 Å². The number of benzene rings is 2. The quantitative estimate of drug-likeness (QED) is 0.681. The lowest BCUT2D eigenvalue weighted by molar-refractivity contribution is 0.834. The summed E-state index contributed by atoms with van der Waals surface area (Å²) in [5, 5.41) is 2.32. The van der Waals surface area contributed by atoms with Crippen molar-refractivity contribution in [1.29, 1.82) is 0 Å². The van der Waals surface area contributed by atoms with Crippen LogP contribution in [0.1, 0.15) is 11.6 Å². The summed E-state index contributed by atoms with van der Waals surface area (Å²) in [4.78, 5) is 5.52. The van der Waals surface area contributed by atoms with Crippen LogP contribution in [0.5, 0.6) is 0 Å². The van der Waals surface area contributed by atoms with Gasteiger partial charge in [0, 0.05) is 38.9 Å². The van der Waals surface area contributed by atoms with Crippen molar-refractivity contribution in [2.75, 3.05) is 5.75 Å². The van der Waals surface area contributed by atoms with Crippen LogP contribution in [0.15, 0.2) is 70.3 Å². The first-order valence-electron chi connectivity index (χ1n) is 6.71. The molecule has 0 spiro atoms. The molecule has 2 nitrogen and oxygen atoms in total. The predicted octanol–water partition coefficient (Wildman–Crippen LogP) is 4.79. The Kier molecular flexibility index (Phi) is 4.58. The molecular weight excluding hydrogens is 344 g/mol. The molecule has 3 rings (SSSR count). The van der Waals surface area contributed by atoms with Gasteiger partial charge in [-0.2, -0.15) is 0 Å². The first-order valence-corrected chi connectivity index (χ1v) is 8.49. The summed E-state index contributed by atoms with van der Waals surface area (Å²) < 4.78 is 1.11. The van der Waals surface area contributed by atoms with Crippen molar-refractivity contribution in [1.82, 2.24) is 4.98 Å². The van der Waals surface area contributed by atoms with Gasteiger partial charge in [0.25, 0.3) is 0 Å². The van der Waals surface area contributed by atoms with Crippen LogP contribution in [0, 0.1) is 0 Å². The van der Waals surface area contributed by atoms with E-state index in [9.17, 15) is 0 Å². The third kappa shape index (κ3) is 3.28. The molecule has 1 heterocycles. The standard InChI is InChI=1S/C17H15BrN2S/c18-15-7-3-4-8-17(15)21-11-16(19)14-10-20-9-12-5-1-2-6-13(12)14/h1-10,16H,11,19H2. The van der Waals surface area contributed by atoms with Crippen molar-refractivity contribution in [2.45, 2.75) is 10.9 Å². The van der Waals surface area contributed by atoms with Gasteiger partial charge in [-0.1, -0.05) is 36.4 Å². The molecule has 0 aliphatic heterocycles. The van der Waals surface area contributed by atoms with Gasteiger partial charge in [-0.05, 0) is 39.0 Å². The van der Waals surface area contributed by atoms with E-state index in [2.05, 4.69) is 39.1 Å². The Labute approximate surface area is 136 Å². The van der Waals surface area contributed by atoms with Gasteiger partial charge in [0.15, 0.2) is 0 Å². The fourth-order valence-electron chi connectivity index (χ4n) is 2.27. The van der Waals surface area contributed by atoms with Crippen molar-refractivity contribution in [3.8, 4) is 0 Å². The third-order valence-corrected chi connectivity index (χ3v) is 5.50. The fraction of sp³-hybridized carbons (Fsp3) is 0.118. The largest absolute Gasteiger partial charge is 0.323 e. The van der Waals surface area contributed by atoms with E-state index in [0.29, 0.717) is 0 Å². The number of hydrogen-bond acceptors (Lipinski definition) is 3. The second-order valence-electron chi connectivity index (χ2n) is 4.80. The number of thioether (sulfide) groups is 1. The van der Waals surface area contributed by atoms with Crippen molar-refractivity contribution in [3.63, 3.8) is 0 Å². The van der Waals surface area contributed by atoms with Crippen molar-refractivity contribution in [2.24, 2.45) is 5.73 Å². The minimum Gasteiger partial charge on any atom is -0.323 e. The predicted molar refractivity (Wildman–Crippen MR) is 93.5 cm³/mol. The van der Waals surface area contributed by atoms with Crippen LogP contribution in [0.25, 0.3) is 10.8 Å². The second kappa shape index (κ2) is 6.60. The van der Waals surface area contributed by atoms with Crippen molar-refractivity contribution >= 4 is 38.5 Å². The summed E-state index contributed by atoms with van der Waals surface area (Å²) in [7, 11) is 0. The Bertz CT molecular complexity index is 755. The summed E-state index contributed by atoms with van der Waals surface area (Å²) in [5.41, 5.74) is 7.49. The fourth-order valence-corrected chi connectivity index (χ4v) is 3.81. The summed E-state index contributed by atoms with van der Waals surface area (Å²) in [6, 6.07) is 16.4. The SMILES string of the molecule is NC(CSc1ccccc1Br)c1cncc2ccccc12. The van der Waals surface area contributed by atoms with Crippen LogP contribution >= 0.6 is 27.7 Å². The minimum atomic E-state index is -0.0410. The average Bonchev–Trinajstić information content (AvgIpc) is 2.53. The van der Waals surface area contributed by atoms with Gasteiger partial charge >= 0.3 is 0 Å². The number of halogens is 1. The summed E-state index contributed by atoms with van der Waals surface area (Å²) in [6.07, 6.45) is 3.76. The van der Waals surface area contributed by atoms with Gasteiger partial charge in [-0.3, -0.25) is 4.98 Å². The zero-order valence-corrected chi connectivity index (χ0v) is 13.8. The maximum absolute atomic E-state index is 6.38. The summed E-state index contributed by atoms with van der Waals surface area (Å²) in [6.45, 7) is 0. The van der Waals surface area contributed by atoms with E-state index in [4.69, 9.17) is 5.73 Å². The highest BCUT2D eigenvalue weighted by Gasteiger charge is 2.11. The molecule has 21 heavy (non-hydrogen) atoms. The number of fused-ring (bicyclic) bond motifs is 1. The van der Waals surface area contributed by atoms with Crippen LogP contribution in [-0.4, -0.2) is 10.7 Å². The monoisotopic (exact) mass is 358 g/mol. The first kappa shape index (κ1) is 14.6. The maximum atomic E-state index is 6.38.